The van der Waals surface area contributed by atoms with E-state index in [1.165, 1.54) is 13.3 Å². The van der Waals surface area contributed by atoms with Gasteiger partial charge in [-0.05, 0) is 42.8 Å². The smallest absolute Gasteiger partial charge is 0.337 e. The van der Waals surface area contributed by atoms with E-state index in [2.05, 4.69) is 27.3 Å². The van der Waals surface area contributed by atoms with Crippen LogP contribution in [0, 0.1) is 0 Å². The summed E-state index contributed by atoms with van der Waals surface area (Å²) < 4.78 is 4.63. The topological polar surface area (TPSA) is 80.3 Å². The van der Waals surface area contributed by atoms with Crippen molar-refractivity contribution in [1.82, 2.24) is 4.98 Å². The number of anilines is 2. The van der Waals surface area contributed by atoms with Gasteiger partial charge in [-0.25, -0.2) is 9.78 Å². The van der Waals surface area contributed by atoms with Gasteiger partial charge < -0.3 is 15.4 Å². The number of hydrogen-bond donors (Lipinski definition) is 2. The molecule has 0 aliphatic heterocycles. The lowest BCUT2D eigenvalue weighted by Gasteiger charge is -2.07. The molecular weight excluding hydrogens is 306 g/mol. The number of carbonyl (C=O) groups excluding carboxylic acids is 2. The predicted octanol–water partition coefficient (Wildman–Crippen LogP) is 3.33. The number of amides is 1. The Morgan fingerprint density at radius 3 is 2.38 bits per heavy atom. The van der Waals surface area contributed by atoms with Gasteiger partial charge in [-0.15, -0.1) is 0 Å². The lowest BCUT2D eigenvalue weighted by Crippen LogP contribution is -2.13. The average Bonchev–Trinajstić information content (AvgIpc) is 2.62. The number of pyridine rings is 1. The van der Waals surface area contributed by atoms with Crippen LogP contribution in [0.25, 0.3) is 0 Å². The summed E-state index contributed by atoms with van der Waals surface area (Å²) in [5.41, 5.74) is 1.49. The van der Waals surface area contributed by atoms with Crippen molar-refractivity contribution >= 4 is 23.4 Å². The molecule has 0 bridgehead atoms. The Hall–Kier alpha value is -2.89. The molecule has 1 heterocycles. The molecule has 0 unspecified atom stereocenters. The normalized spacial score (nSPS) is 10.1. The molecule has 2 rings (SSSR count). The summed E-state index contributed by atoms with van der Waals surface area (Å²) in [4.78, 5) is 27.8. The van der Waals surface area contributed by atoms with Crippen LogP contribution in [0.5, 0.6) is 0 Å². The van der Waals surface area contributed by atoms with Crippen LogP contribution >= 0.6 is 0 Å². The van der Waals surface area contributed by atoms with E-state index >= 15 is 0 Å². The molecule has 0 saturated carbocycles. The standard InChI is InChI=1S/C18H21N3O3/c1-3-4-11-19-16-10-7-14(12-20-16)17(22)21-15-8-5-13(6-9-15)18(23)24-2/h5-10,12H,3-4,11H2,1-2H3,(H,19,20)(H,21,22). The van der Waals surface area contributed by atoms with E-state index in [0.29, 0.717) is 16.8 Å². The third-order valence-electron chi connectivity index (χ3n) is 3.43. The van der Waals surface area contributed by atoms with Gasteiger partial charge in [-0.3, -0.25) is 4.79 Å². The van der Waals surface area contributed by atoms with Crippen LogP contribution in [0.1, 0.15) is 40.5 Å². The van der Waals surface area contributed by atoms with Crippen molar-refractivity contribution in [3.63, 3.8) is 0 Å². The first kappa shape index (κ1) is 17.5. The largest absolute Gasteiger partial charge is 0.465 e. The van der Waals surface area contributed by atoms with Crippen LogP contribution in [-0.2, 0) is 4.74 Å². The molecule has 6 heteroatoms. The molecule has 24 heavy (non-hydrogen) atoms. The van der Waals surface area contributed by atoms with Crippen LogP contribution in [0.4, 0.5) is 11.5 Å². The highest BCUT2D eigenvalue weighted by Gasteiger charge is 2.08. The molecule has 0 saturated heterocycles. The molecule has 1 aromatic carbocycles. The number of rotatable bonds is 7. The molecule has 0 aliphatic carbocycles. The second-order valence-corrected chi connectivity index (χ2v) is 5.24. The zero-order chi connectivity index (χ0) is 17.4. The number of nitrogens with zero attached hydrogens (tertiary/aromatic N) is 1. The fraction of sp³-hybridized carbons (Fsp3) is 0.278. The van der Waals surface area contributed by atoms with E-state index in [1.807, 2.05) is 0 Å². The zero-order valence-electron chi connectivity index (χ0n) is 13.8. The highest BCUT2D eigenvalue weighted by Crippen LogP contribution is 2.13. The maximum absolute atomic E-state index is 12.2. The van der Waals surface area contributed by atoms with Crippen molar-refractivity contribution in [3.8, 4) is 0 Å². The zero-order valence-corrected chi connectivity index (χ0v) is 13.8. The fourth-order valence-electron chi connectivity index (χ4n) is 2.04. The van der Waals surface area contributed by atoms with Gasteiger partial charge in [0.25, 0.3) is 5.91 Å². The van der Waals surface area contributed by atoms with Crippen molar-refractivity contribution in [2.24, 2.45) is 0 Å². The minimum Gasteiger partial charge on any atom is -0.465 e. The fourth-order valence-corrected chi connectivity index (χ4v) is 2.04. The monoisotopic (exact) mass is 327 g/mol. The maximum Gasteiger partial charge on any atom is 0.337 e. The third kappa shape index (κ3) is 4.81. The number of unbranched alkanes of at least 4 members (excludes halogenated alkanes) is 1. The molecule has 2 aromatic rings. The number of aromatic nitrogens is 1. The van der Waals surface area contributed by atoms with E-state index in [1.54, 1.807) is 36.4 Å². The van der Waals surface area contributed by atoms with Crippen LogP contribution in [0.2, 0.25) is 0 Å². The Balaban J connectivity index is 1.95. The number of nitrogens with one attached hydrogen (secondary N) is 2. The van der Waals surface area contributed by atoms with Gasteiger partial charge in [0.15, 0.2) is 0 Å². The minimum absolute atomic E-state index is 0.256. The summed E-state index contributed by atoms with van der Waals surface area (Å²) in [6.07, 6.45) is 3.72. The molecule has 6 nitrogen and oxygen atoms in total. The van der Waals surface area contributed by atoms with Crippen molar-refractivity contribution in [2.45, 2.75) is 19.8 Å². The van der Waals surface area contributed by atoms with Gasteiger partial charge in [0.1, 0.15) is 5.82 Å². The SMILES string of the molecule is CCCCNc1ccc(C(=O)Nc2ccc(C(=O)OC)cc2)cn1. The first-order valence-electron chi connectivity index (χ1n) is 7.83. The molecule has 1 amide bonds. The van der Waals surface area contributed by atoms with Gasteiger partial charge in [0.05, 0.1) is 18.2 Å². The Labute approximate surface area is 141 Å². The molecule has 126 valence electrons. The predicted molar refractivity (Wildman–Crippen MR) is 93.4 cm³/mol. The summed E-state index contributed by atoms with van der Waals surface area (Å²) in [5.74, 6) is 0.0825. The van der Waals surface area contributed by atoms with E-state index in [0.717, 1.165) is 25.2 Å². The molecular formula is C18H21N3O3. The lowest BCUT2D eigenvalue weighted by molar-refractivity contribution is 0.0600. The number of carbonyl (C=O) groups is 2. The molecule has 1 aromatic heterocycles. The molecule has 0 aliphatic rings. The summed E-state index contributed by atoms with van der Waals surface area (Å²) >= 11 is 0. The molecule has 2 N–H and O–H groups in total. The highest BCUT2D eigenvalue weighted by molar-refractivity contribution is 6.04. The number of esters is 1. The average molecular weight is 327 g/mol. The quantitative estimate of drug-likeness (QED) is 0.602. The van der Waals surface area contributed by atoms with E-state index < -0.39 is 5.97 Å². The minimum atomic E-state index is -0.414. The van der Waals surface area contributed by atoms with Crippen LogP contribution in [0.15, 0.2) is 42.6 Å². The van der Waals surface area contributed by atoms with Gasteiger partial charge in [0.2, 0.25) is 0 Å². The van der Waals surface area contributed by atoms with Crippen LogP contribution in [-0.4, -0.2) is 30.5 Å². The summed E-state index contributed by atoms with van der Waals surface area (Å²) in [7, 11) is 1.33. The molecule has 0 radical (unpaired) electrons. The highest BCUT2D eigenvalue weighted by atomic mass is 16.5. The Morgan fingerprint density at radius 1 is 1.08 bits per heavy atom. The number of benzene rings is 1. The third-order valence-corrected chi connectivity index (χ3v) is 3.43. The number of ether oxygens (including phenoxy) is 1. The molecule has 0 atom stereocenters. The van der Waals surface area contributed by atoms with Gasteiger partial charge in [-0.1, -0.05) is 13.3 Å². The van der Waals surface area contributed by atoms with Crippen LogP contribution in [0.3, 0.4) is 0 Å². The summed E-state index contributed by atoms with van der Waals surface area (Å²) in [6.45, 7) is 2.99. The van der Waals surface area contributed by atoms with Crippen molar-refractivity contribution < 1.29 is 14.3 Å². The van der Waals surface area contributed by atoms with Crippen molar-refractivity contribution in [2.75, 3.05) is 24.3 Å². The number of hydrogen-bond acceptors (Lipinski definition) is 5. The Morgan fingerprint density at radius 2 is 1.79 bits per heavy atom. The van der Waals surface area contributed by atoms with Crippen molar-refractivity contribution in [3.05, 3.63) is 53.7 Å². The number of methoxy groups -OCH3 is 1. The second-order valence-electron chi connectivity index (χ2n) is 5.24. The summed E-state index contributed by atoms with van der Waals surface area (Å²) in [6, 6.07) is 10.0. The van der Waals surface area contributed by atoms with Gasteiger partial charge >= 0.3 is 5.97 Å². The van der Waals surface area contributed by atoms with Gasteiger partial charge in [0, 0.05) is 18.4 Å². The molecule has 0 fully saturated rings. The van der Waals surface area contributed by atoms with Crippen LogP contribution < -0.4 is 10.6 Å². The molecule has 0 spiro atoms. The first-order valence-corrected chi connectivity index (χ1v) is 7.83. The Bertz CT molecular complexity index is 682. The van der Waals surface area contributed by atoms with E-state index in [4.69, 9.17) is 0 Å². The van der Waals surface area contributed by atoms with E-state index in [-0.39, 0.29) is 5.91 Å². The summed E-state index contributed by atoms with van der Waals surface area (Å²) in [5, 5.41) is 5.96. The Kier molecular flexibility index (Phi) is 6.31. The first-order chi connectivity index (χ1) is 11.6. The lowest BCUT2D eigenvalue weighted by atomic mass is 10.2. The van der Waals surface area contributed by atoms with Gasteiger partial charge in [-0.2, -0.15) is 0 Å². The second kappa shape index (κ2) is 8.67. The van der Waals surface area contributed by atoms with E-state index in [9.17, 15) is 9.59 Å². The van der Waals surface area contributed by atoms with Crippen molar-refractivity contribution in [1.29, 1.82) is 0 Å². The maximum atomic E-state index is 12.2.